The highest BCUT2D eigenvalue weighted by molar-refractivity contribution is 5.87. The molecule has 2 heterocycles. The van der Waals surface area contributed by atoms with Crippen LogP contribution in [0.5, 0.6) is 0 Å². The van der Waals surface area contributed by atoms with Gasteiger partial charge < -0.3 is 5.73 Å². The predicted octanol–water partition coefficient (Wildman–Crippen LogP) is 3.85. The molecule has 0 bridgehead atoms. The second kappa shape index (κ2) is 5.20. The molecule has 122 valence electrons. The molecule has 0 unspecified atom stereocenters. The molecule has 0 spiro atoms. The summed E-state index contributed by atoms with van der Waals surface area (Å²) in [5.74, 6) is 0.744. The molecular formula is C20H27N3. The number of hydrogen-bond donors (Lipinski definition) is 1. The van der Waals surface area contributed by atoms with Crippen LogP contribution in [-0.4, -0.2) is 23.0 Å². The fraction of sp³-hybridized carbons (Fsp3) is 0.550. The van der Waals surface area contributed by atoms with Crippen LogP contribution in [-0.2, 0) is 19.4 Å². The summed E-state index contributed by atoms with van der Waals surface area (Å²) in [4.78, 5) is 7.30. The number of aromatic nitrogens is 1. The zero-order valence-electron chi connectivity index (χ0n) is 14.6. The third-order valence-electron chi connectivity index (χ3n) is 5.60. The molecule has 1 aliphatic heterocycles. The number of nitrogens with zero attached hydrogens (tertiary/aromatic N) is 2. The van der Waals surface area contributed by atoms with Gasteiger partial charge >= 0.3 is 0 Å². The first kappa shape index (κ1) is 14.9. The molecule has 1 aromatic heterocycles. The lowest BCUT2D eigenvalue weighted by atomic mass is 9.90. The predicted molar refractivity (Wildman–Crippen MR) is 96.6 cm³/mol. The molecule has 0 amide bonds. The van der Waals surface area contributed by atoms with Gasteiger partial charge in [0.2, 0.25) is 0 Å². The summed E-state index contributed by atoms with van der Waals surface area (Å²) in [6, 6.07) is 4.64. The lowest BCUT2D eigenvalue weighted by Crippen LogP contribution is -2.19. The third kappa shape index (κ3) is 2.61. The number of benzene rings is 1. The lowest BCUT2D eigenvalue weighted by molar-refractivity contribution is 0.331. The molecule has 1 saturated heterocycles. The molecule has 1 aromatic carbocycles. The lowest BCUT2D eigenvalue weighted by Gasteiger charge is -2.18. The number of likely N-dealkylation sites (tertiary alicyclic amines) is 1. The van der Waals surface area contributed by atoms with Gasteiger partial charge in [-0.1, -0.05) is 13.8 Å². The number of pyridine rings is 1. The van der Waals surface area contributed by atoms with E-state index in [1.807, 2.05) is 0 Å². The van der Waals surface area contributed by atoms with Crippen molar-refractivity contribution in [2.45, 2.75) is 53.0 Å². The van der Waals surface area contributed by atoms with Crippen LogP contribution in [0.25, 0.3) is 10.9 Å². The van der Waals surface area contributed by atoms with E-state index in [1.54, 1.807) is 0 Å². The van der Waals surface area contributed by atoms with Crippen LogP contribution in [0.3, 0.4) is 0 Å². The van der Waals surface area contributed by atoms with Gasteiger partial charge in [0, 0.05) is 11.9 Å². The van der Waals surface area contributed by atoms with Gasteiger partial charge in [-0.3, -0.25) is 4.90 Å². The van der Waals surface area contributed by atoms with Gasteiger partial charge in [0.15, 0.2) is 0 Å². The van der Waals surface area contributed by atoms with E-state index in [0.717, 1.165) is 30.7 Å². The van der Waals surface area contributed by atoms with Gasteiger partial charge in [-0.15, -0.1) is 0 Å². The molecular weight excluding hydrogens is 282 g/mol. The van der Waals surface area contributed by atoms with Crippen LogP contribution in [0, 0.1) is 12.3 Å². The molecule has 23 heavy (non-hydrogen) atoms. The summed E-state index contributed by atoms with van der Waals surface area (Å²) < 4.78 is 0. The molecule has 3 heteroatoms. The quantitative estimate of drug-likeness (QED) is 0.916. The molecule has 1 fully saturated rings. The Bertz CT molecular complexity index is 770. The standard InChI is InChI=1S/C20H27N3/c1-13-8-15-16-10-20(2,3)11-17(16)19(21)22-18(15)9-14(13)12-23-6-4-5-7-23/h8-9H,4-7,10-12H2,1-3H3,(H2,21,22). The minimum Gasteiger partial charge on any atom is -0.383 e. The maximum atomic E-state index is 6.29. The minimum absolute atomic E-state index is 0.300. The summed E-state index contributed by atoms with van der Waals surface area (Å²) in [6.45, 7) is 10.4. The summed E-state index contributed by atoms with van der Waals surface area (Å²) in [7, 11) is 0. The summed E-state index contributed by atoms with van der Waals surface area (Å²) in [5, 5.41) is 1.32. The van der Waals surface area contributed by atoms with Gasteiger partial charge in [-0.05, 0) is 85.5 Å². The number of aryl methyl sites for hydroxylation is 1. The first-order valence-electron chi connectivity index (χ1n) is 8.86. The molecule has 1 aliphatic carbocycles. The fourth-order valence-electron chi connectivity index (χ4n) is 4.36. The monoisotopic (exact) mass is 309 g/mol. The number of nitrogen functional groups attached to an aromatic ring is 1. The van der Waals surface area contributed by atoms with Gasteiger partial charge in [-0.2, -0.15) is 0 Å². The average molecular weight is 309 g/mol. The molecule has 2 aromatic rings. The summed E-state index contributed by atoms with van der Waals surface area (Å²) >= 11 is 0. The number of fused-ring (bicyclic) bond motifs is 3. The fourth-order valence-corrected chi connectivity index (χ4v) is 4.36. The van der Waals surface area contributed by atoms with E-state index >= 15 is 0 Å². The zero-order chi connectivity index (χ0) is 16.2. The SMILES string of the molecule is Cc1cc2c3c(c(N)nc2cc1CN1CCCC1)CC(C)(C)C3. The van der Waals surface area contributed by atoms with Gasteiger partial charge in [0.25, 0.3) is 0 Å². The first-order chi connectivity index (χ1) is 10.9. The molecule has 0 radical (unpaired) electrons. The Morgan fingerprint density at radius 3 is 2.57 bits per heavy atom. The molecule has 0 saturated carbocycles. The van der Waals surface area contributed by atoms with Crippen molar-refractivity contribution in [1.29, 1.82) is 0 Å². The maximum Gasteiger partial charge on any atom is 0.127 e. The van der Waals surface area contributed by atoms with Crippen LogP contribution in [0.4, 0.5) is 5.82 Å². The highest BCUT2D eigenvalue weighted by Crippen LogP contribution is 2.42. The second-order valence-corrected chi connectivity index (χ2v) is 8.25. The molecule has 4 rings (SSSR count). The van der Waals surface area contributed by atoms with E-state index in [0.29, 0.717) is 5.41 Å². The zero-order valence-corrected chi connectivity index (χ0v) is 14.6. The maximum absolute atomic E-state index is 6.29. The Hall–Kier alpha value is -1.61. The molecule has 2 N–H and O–H groups in total. The van der Waals surface area contributed by atoms with Crippen molar-refractivity contribution in [2.75, 3.05) is 18.8 Å². The van der Waals surface area contributed by atoms with Crippen molar-refractivity contribution in [1.82, 2.24) is 9.88 Å². The van der Waals surface area contributed by atoms with Crippen molar-refractivity contribution < 1.29 is 0 Å². The van der Waals surface area contributed by atoms with Crippen molar-refractivity contribution in [3.05, 3.63) is 34.4 Å². The van der Waals surface area contributed by atoms with Crippen LogP contribution < -0.4 is 5.73 Å². The van der Waals surface area contributed by atoms with Crippen molar-refractivity contribution in [3.63, 3.8) is 0 Å². The second-order valence-electron chi connectivity index (χ2n) is 8.25. The smallest absolute Gasteiger partial charge is 0.127 e. The number of hydrogen-bond acceptors (Lipinski definition) is 3. The van der Waals surface area contributed by atoms with E-state index in [9.17, 15) is 0 Å². The van der Waals surface area contributed by atoms with E-state index in [4.69, 9.17) is 10.7 Å². The van der Waals surface area contributed by atoms with Crippen molar-refractivity contribution >= 4 is 16.7 Å². The number of anilines is 1. The Kier molecular flexibility index (Phi) is 3.38. The highest BCUT2D eigenvalue weighted by Gasteiger charge is 2.32. The van der Waals surface area contributed by atoms with Crippen molar-refractivity contribution in [2.24, 2.45) is 5.41 Å². The van der Waals surface area contributed by atoms with Crippen LogP contribution in [0.15, 0.2) is 12.1 Å². The molecule has 0 atom stereocenters. The first-order valence-corrected chi connectivity index (χ1v) is 8.86. The van der Waals surface area contributed by atoms with E-state index in [1.165, 1.54) is 53.6 Å². The van der Waals surface area contributed by atoms with Crippen LogP contribution in [0.1, 0.15) is 48.9 Å². The average Bonchev–Trinajstić information content (AvgIpc) is 3.08. The van der Waals surface area contributed by atoms with E-state index in [2.05, 4.69) is 37.8 Å². The summed E-state index contributed by atoms with van der Waals surface area (Å²) in [5.41, 5.74) is 13.2. The topological polar surface area (TPSA) is 42.1 Å². The number of nitrogens with two attached hydrogens (primary N) is 1. The van der Waals surface area contributed by atoms with Crippen molar-refractivity contribution in [3.8, 4) is 0 Å². The van der Waals surface area contributed by atoms with Crippen LogP contribution >= 0.6 is 0 Å². The van der Waals surface area contributed by atoms with E-state index in [-0.39, 0.29) is 0 Å². The minimum atomic E-state index is 0.300. The van der Waals surface area contributed by atoms with E-state index < -0.39 is 0 Å². The molecule has 3 nitrogen and oxygen atoms in total. The normalized spacial score (nSPS) is 20.3. The molecule has 2 aliphatic rings. The van der Waals surface area contributed by atoms with Gasteiger partial charge in [0.1, 0.15) is 5.82 Å². The largest absolute Gasteiger partial charge is 0.383 e. The Labute approximate surface area is 138 Å². The Morgan fingerprint density at radius 1 is 1.13 bits per heavy atom. The number of rotatable bonds is 2. The Balaban J connectivity index is 1.80. The highest BCUT2D eigenvalue weighted by atomic mass is 15.1. The van der Waals surface area contributed by atoms with Crippen LogP contribution in [0.2, 0.25) is 0 Å². The third-order valence-corrected chi connectivity index (χ3v) is 5.60. The van der Waals surface area contributed by atoms with Gasteiger partial charge in [-0.25, -0.2) is 4.98 Å². The van der Waals surface area contributed by atoms with Gasteiger partial charge in [0.05, 0.1) is 5.52 Å². The Morgan fingerprint density at radius 2 is 1.83 bits per heavy atom. The summed E-state index contributed by atoms with van der Waals surface area (Å²) in [6.07, 6.45) is 4.82.